The molecule has 7 heteroatoms. The minimum absolute atomic E-state index is 0.281. The second kappa shape index (κ2) is 8.00. The minimum atomic E-state index is -0.301. The van der Waals surface area contributed by atoms with Gasteiger partial charge in [0.25, 0.3) is 0 Å². The van der Waals surface area contributed by atoms with E-state index in [9.17, 15) is 4.79 Å². The molecule has 0 N–H and O–H groups in total. The Morgan fingerprint density at radius 3 is 2.47 bits per heavy atom. The molecule has 0 unspecified atom stereocenters. The van der Waals surface area contributed by atoms with Gasteiger partial charge in [-0.1, -0.05) is 26.0 Å². The van der Waals surface area contributed by atoms with E-state index in [0.717, 1.165) is 40.4 Å². The molecular formula is C25H24N4O3. The summed E-state index contributed by atoms with van der Waals surface area (Å²) < 4.78 is 15.3. The number of benzene rings is 2. The molecule has 0 saturated carbocycles. The van der Waals surface area contributed by atoms with Gasteiger partial charge in [0, 0.05) is 18.5 Å². The molecule has 0 spiro atoms. The quantitative estimate of drug-likeness (QED) is 0.352. The summed E-state index contributed by atoms with van der Waals surface area (Å²) in [5.74, 6) is 1.84. The number of imidazole rings is 1. The lowest BCUT2D eigenvalue weighted by atomic mass is 10.3. The molecule has 3 heterocycles. The Labute approximate surface area is 185 Å². The lowest BCUT2D eigenvalue weighted by molar-refractivity contribution is -0.133. The highest BCUT2D eigenvalue weighted by Crippen LogP contribution is 2.35. The molecule has 2 aromatic carbocycles. The van der Waals surface area contributed by atoms with E-state index in [1.807, 2.05) is 66.2 Å². The number of esters is 1. The third kappa shape index (κ3) is 3.17. The first kappa shape index (κ1) is 20.1. The number of para-hydroxylation sites is 2. The van der Waals surface area contributed by atoms with Gasteiger partial charge in [0.1, 0.15) is 17.0 Å². The predicted molar refractivity (Wildman–Crippen MR) is 124 cm³/mol. The Hall–Kier alpha value is -3.87. The Bertz CT molecular complexity index is 1450. The summed E-state index contributed by atoms with van der Waals surface area (Å²) in [6, 6.07) is 15.7. The Kier molecular flexibility index (Phi) is 5.01. The Morgan fingerprint density at radius 1 is 0.969 bits per heavy atom. The van der Waals surface area contributed by atoms with E-state index in [4.69, 9.17) is 19.4 Å². The molecule has 0 aliphatic rings. The number of aromatic nitrogens is 4. The number of hydrogen-bond acceptors (Lipinski definition) is 5. The minimum Gasteiger partial charge on any atom is -0.494 e. The molecule has 0 aliphatic carbocycles. The second-order valence-corrected chi connectivity index (χ2v) is 7.46. The lowest BCUT2D eigenvalue weighted by Gasteiger charge is -2.09. The Morgan fingerprint density at radius 2 is 1.75 bits per heavy atom. The number of ether oxygens (including phenoxy) is 2. The van der Waals surface area contributed by atoms with Crippen LogP contribution in [0.4, 0.5) is 0 Å². The maximum Gasteiger partial charge on any atom is 0.310 e. The van der Waals surface area contributed by atoms with Gasteiger partial charge in [-0.25, -0.2) is 9.97 Å². The van der Waals surface area contributed by atoms with Crippen molar-refractivity contribution in [1.29, 1.82) is 0 Å². The molecule has 0 atom stereocenters. The van der Waals surface area contributed by atoms with Crippen molar-refractivity contribution in [3.63, 3.8) is 0 Å². The van der Waals surface area contributed by atoms with Crippen molar-refractivity contribution < 1.29 is 14.3 Å². The van der Waals surface area contributed by atoms with Crippen LogP contribution in [0.25, 0.3) is 33.4 Å². The van der Waals surface area contributed by atoms with Gasteiger partial charge in [-0.3, -0.25) is 13.8 Å². The van der Waals surface area contributed by atoms with Crippen molar-refractivity contribution in [2.75, 3.05) is 6.61 Å². The zero-order valence-corrected chi connectivity index (χ0v) is 18.3. The van der Waals surface area contributed by atoms with E-state index < -0.39 is 0 Å². The summed E-state index contributed by atoms with van der Waals surface area (Å²) in [6.45, 7) is 6.42. The highest BCUT2D eigenvalue weighted by molar-refractivity contribution is 6.01. The van der Waals surface area contributed by atoms with Crippen LogP contribution in [0, 0.1) is 0 Å². The summed E-state index contributed by atoms with van der Waals surface area (Å²) in [6.07, 6.45) is 2.83. The van der Waals surface area contributed by atoms with Gasteiger partial charge in [-0.2, -0.15) is 0 Å². The number of rotatable bonds is 6. The van der Waals surface area contributed by atoms with E-state index in [1.54, 1.807) is 6.92 Å². The smallest absolute Gasteiger partial charge is 0.310 e. The van der Waals surface area contributed by atoms with Crippen LogP contribution < -0.4 is 9.47 Å². The highest BCUT2D eigenvalue weighted by Gasteiger charge is 2.22. The van der Waals surface area contributed by atoms with E-state index >= 15 is 0 Å². The van der Waals surface area contributed by atoms with Crippen LogP contribution in [-0.2, 0) is 11.2 Å². The fourth-order valence-electron chi connectivity index (χ4n) is 4.00. The zero-order chi connectivity index (χ0) is 22.2. The topological polar surface area (TPSA) is 70.7 Å². The summed E-state index contributed by atoms with van der Waals surface area (Å²) in [5, 5.41) is 0.717. The number of fused-ring (bicyclic) bond motifs is 5. The lowest BCUT2D eigenvalue weighted by Crippen LogP contribution is -2.06. The molecule has 5 aromatic rings. The number of carbonyl (C=O) groups is 1. The van der Waals surface area contributed by atoms with E-state index in [1.165, 1.54) is 0 Å². The maximum absolute atomic E-state index is 12.2. The van der Waals surface area contributed by atoms with Crippen LogP contribution in [0.3, 0.4) is 0 Å². The number of nitrogens with zero attached hydrogens (tertiary/aromatic N) is 4. The number of carbonyl (C=O) groups excluding carboxylic acids is 1. The van der Waals surface area contributed by atoms with Gasteiger partial charge < -0.3 is 9.47 Å². The summed E-state index contributed by atoms with van der Waals surface area (Å²) in [4.78, 5) is 22.1. The molecule has 0 bridgehead atoms. The van der Waals surface area contributed by atoms with Crippen molar-refractivity contribution in [2.24, 2.45) is 0 Å². The number of hydrogen-bond donors (Lipinski definition) is 0. The maximum atomic E-state index is 12.2. The molecule has 0 fully saturated rings. The highest BCUT2D eigenvalue weighted by atomic mass is 16.5. The average Bonchev–Trinajstić information content (AvgIpc) is 3.37. The van der Waals surface area contributed by atoms with E-state index in [-0.39, 0.29) is 12.4 Å². The van der Waals surface area contributed by atoms with Crippen molar-refractivity contribution >= 4 is 33.7 Å². The SMILES string of the molecule is CCOc1ccc(-n2cc(OC(=O)CC)c3c2nc(CC)n2c4ccccc4nc32)cc1. The number of aryl methyl sites for hydroxylation is 1. The summed E-state index contributed by atoms with van der Waals surface area (Å²) in [5.41, 5.74) is 4.19. The first-order valence-electron chi connectivity index (χ1n) is 10.9. The standard InChI is InChI=1S/C25H24N4O3/c1-4-21-27-24-23(25-26-18-9-7-8-10-19(18)29(21)25)20(32-22(30)5-2)15-28(24)16-11-13-17(14-12-16)31-6-3/h7-15H,4-6H2,1-3H3. The van der Waals surface area contributed by atoms with Gasteiger partial charge in [0.05, 0.1) is 23.8 Å². The van der Waals surface area contributed by atoms with Crippen LogP contribution in [-0.4, -0.2) is 31.5 Å². The second-order valence-electron chi connectivity index (χ2n) is 7.46. The van der Waals surface area contributed by atoms with Crippen LogP contribution in [0.15, 0.2) is 54.7 Å². The molecular weight excluding hydrogens is 404 g/mol. The molecule has 0 radical (unpaired) electrons. The first-order valence-corrected chi connectivity index (χ1v) is 10.9. The van der Waals surface area contributed by atoms with Gasteiger partial charge in [-0.05, 0) is 43.3 Å². The van der Waals surface area contributed by atoms with Gasteiger partial charge in [-0.15, -0.1) is 0 Å². The monoisotopic (exact) mass is 428 g/mol. The Balaban J connectivity index is 1.83. The molecule has 3 aromatic heterocycles. The van der Waals surface area contributed by atoms with Crippen LogP contribution in [0.5, 0.6) is 11.5 Å². The zero-order valence-electron chi connectivity index (χ0n) is 18.3. The summed E-state index contributed by atoms with van der Waals surface area (Å²) in [7, 11) is 0. The fourth-order valence-corrected chi connectivity index (χ4v) is 4.00. The van der Waals surface area contributed by atoms with Gasteiger partial charge in [0.15, 0.2) is 17.0 Å². The fraction of sp³-hybridized carbons (Fsp3) is 0.240. The molecule has 0 saturated heterocycles. The molecule has 7 nitrogen and oxygen atoms in total. The first-order chi connectivity index (χ1) is 15.6. The van der Waals surface area contributed by atoms with Gasteiger partial charge in [0.2, 0.25) is 0 Å². The normalized spacial score (nSPS) is 11.5. The molecule has 0 amide bonds. The molecule has 0 aliphatic heterocycles. The van der Waals surface area contributed by atoms with Gasteiger partial charge >= 0.3 is 5.97 Å². The average molecular weight is 428 g/mol. The van der Waals surface area contributed by atoms with Crippen LogP contribution in [0.1, 0.15) is 33.0 Å². The molecule has 5 rings (SSSR count). The predicted octanol–water partition coefficient (Wildman–Crippen LogP) is 5.10. The summed E-state index contributed by atoms with van der Waals surface area (Å²) >= 11 is 0. The third-order valence-electron chi connectivity index (χ3n) is 5.48. The van der Waals surface area contributed by atoms with Crippen molar-refractivity contribution in [3.8, 4) is 17.2 Å². The van der Waals surface area contributed by atoms with Crippen LogP contribution in [0.2, 0.25) is 0 Å². The molecule has 162 valence electrons. The van der Waals surface area contributed by atoms with Crippen molar-refractivity contribution in [1.82, 2.24) is 18.9 Å². The van der Waals surface area contributed by atoms with Crippen molar-refractivity contribution in [3.05, 3.63) is 60.6 Å². The van der Waals surface area contributed by atoms with Crippen LogP contribution >= 0.6 is 0 Å². The third-order valence-corrected chi connectivity index (χ3v) is 5.48. The van der Waals surface area contributed by atoms with Crippen molar-refractivity contribution in [2.45, 2.75) is 33.6 Å². The largest absolute Gasteiger partial charge is 0.494 e. The van der Waals surface area contributed by atoms with E-state index in [2.05, 4.69) is 11.3 Å². The van der Waals surface area contributed by atoms with E-state index in [0.29, 0.717) is 23.4 Å². The molecule has 32 heavy (non-hydrogen) atoms.